The van der Waals surface area contributed by atoms with E-state index >= 15 is 0 Å². The Hall–Kier alpha value is -2.89. The molecule has 6 heteroatoms. The van der Waals surface area contributed by atoms with Crippen LogP contribution in [-0.2, 0) is 11.2 Å². The molecule has 0 saturated carbocycles. The number of halogens is 1. The molecule has 1 aromatic heterocycles. The van der Waals surface area contributed by atoms with Crippen molar-refractivity contribution in [1.82, 2.24) is 9.97 Å². The second-order valence-corrected chi connectivity index (χ2v) is 8.25. The Kier molecular flexibility index (Phi) is 6.31. The molecule has 0 fully saturated rings. The lowest BCUT2D eigenvalue weighted by Gasteiger charge is -2.11. The maximum absolute atomic E-state index is 12.6. The van der Waals surface area contributed by atoms with Gasteiger partial charge in [0.1, 0.15) is 5.03 Å². The van der Waals surface area contributed by atoms with Crippen molar-refractivity contribution in [2.75, 3.05) is 11.1 Å². The predicted molar refractivity (Wildman–Crippen MR) is 124 cm³/mol. The number of aromatic nitrogens is 2. The highest BCUT2D eigenvalue weighted by molar-refractivity contribution is 8.00. The summed E-state index contributed by atoms with van der Waals surface area (Å²) in [6.07, 6.45) is 0.663. The Morgan fingerprint density at radius 3 is 2.40 bits per heavy atom. The quantitative estimate of drug-likeness (QED) is 0.384. The maximum atomic E-state index is 12.6. The third-order valence-electron chi connectivity index (χ3n) is 4.70. The largest absolute Gasteiger partial charge is 0.325 e. The maximum Gasteiger partial charge on any atom is 0.234 e. The number of rotatable bonds is 6. The fourth-order valence-electron chi connectivity index (χ4n) is 3.10. The Morgan fingerprint density at radius 1 is 0.933 bits per heavy atom. The van der Waals surface area contributed by atoms with Crippen molar-refractivity contribution in [3.05, 3.63) is 94.6 Å². The van der Waals surface area contributed by atoms with E-state index < -0.39 is 0 Å². The number of benzene rings is 3. The fraction of sp³-hybridized carbons (Fsp3) is 0.125. The number of nitrogens with zero attached hydrogens (tertiary/aromatic N) is 2. The van der Waals surface area contributed by atoms with Gasteiger partial charge in [-0.25, -0.2) is 9.97 Å². The molecule has 30 heavy (non-hydrogen) atoms. The van der Waals surface area contributed by atoms with E-state index in [1.165, 1.54) is 11.8 Å². The topological polar surface area (TPSA) is 54.9 Å². The summed E-state index contributed by atoms with van der Waals surface area (Å²) in [7, 11) is 0. The lowest BCUT2D eigenvalue weighted by Crippen LogP contribution is -2.15. The van der Waals surface area contributed by atoms with Crippen LogP contribution in [0.2, 0.25) is 5.02 Å². The van der Waals surface area contributed by atoms with Crippen molar-refractivity contribution in [2.24, 2.45) is 0 Å². The van der Waals surface area contributed by atoms with E-state index in [2.05, 4.69) is 17.4 Å². The Bertz CT molecular complexity index is 1200. The van der Waals surface area contributed by atoms with Crippen LogP contribution in [0.15, 0.2) is 77.8 Å². The summed E-state index contributed by atoms with van der Waals surface area (Å²) in [5, 5.41) is 4.34. The van der Waals surface area contributed by atoms with E-state index in [0.717, 1.165) is 38.6 Å². The molecule has 4 aromatic rings. The monoisotopic (exact) mass is 433 g/mol. The van der Waals surface area contributed by atoms with Crippen molar-refractivity contribution in [1.29, 1.82) is 0 Å². The zero-order valence-electron chi connectivity index (χ0n) is 16.4. The van der Waals surface area contributed by atoms with Gasteiger partial charge in [-0.05, 0) is 42.3 Å². The van der Waals surface area contributed by atoms with E-state index in [1.54, 1.807) is 0 Å². The molecule has 1 amide bonds. The van der Waals surface area contributed by atoms with Crippen LogP contribution < -0.4 is 5.32 Å². The third-order valence-corrected chi connectivity index (χ3v) is 6.12. The van der Waals surface area contributed by atoms with Gasteiger partial charge in [-0.15, -0.1) is 0 Å². The molecule has 150 valence electrons. The number of fused-ring (bicyclic) bond motifs is 1. The standard InChI is InChI=1S/C24H20ClN3OS/c1-16-18(25)10-7-13-19(16)27-23(29)15-30-24-22(14-17-8-3-2-4-9-17)26-20-11-5-6-12-21(20)28-24/h2-13H,14-15H2,1H3,(H,27,29). The molecular formula is C24H20ClN3OS. The lowest BCUT2D eigenvalue weighted by molar-refractivity contribution is -0.113. The van der Waals surface area contributed by atoms with Gasteiger partial charge in [0, 0.05) is 17.1 Å². The molecule has 0 bridgehead atoms. The minimum atomic E-state index is -0.106. The van der Waals surface area contributed by atoms with E-state index in [-0.39, 0.29) is 11.7 Å². The third kappa shape index (κ3) is 4.81. The van der Waals surface area contributed by atoms with Crippen LogP contribution in [-0.4, -0.2) is 21.6 Å². The molecular weight excluding hydrogens is 414 g/mol. The Balaban J connectivity index is 1.55. The van der Waals surface area contributed by atoms with Gasteiger partial charge in [-0.3, -0.25) is 4.79 Å². The van der Waals surface area contributed by atoms with Gasteiger partial charge in [0.2, 0.25) is 5.91 Å². The van der Waals surface area contributed by atoms with E-state index in [0.29, 0.717) is 11.4 Å². The van der Waals surface area contributed by atoms with E-state index in [4.69, 9.17) is 21.6 Å². The number of hydrogen-bond donors (Lipinski definition) is 1. The molecule has 1 N–H and O–H groups in total. The molecule has 1 heterocycles. The average Bonchev–Trinajstić information content (AvgIpc) is 2.76. The number of anilines is 1. The van der Waals surface area contributed by atoms with Crippen LogP contribution in [0.25, 0.3) is 11.0 Å². The SMILES string of the molecule is Cc1c(Cl)cccc1NC(=O)CSc1nc2ccccc2nc1Cc1ccccc1. The highest BCUT2D eigenvalue weighted by atomic mass is 35.5. The minimum absolute atomic E-state index is 0.106. The zero-order valence-corrected chi connectivity index (χ0v) is 18.0. The van der Waals surface area contributed by atoms with Crippen molar-refractivity contribution in [2.45, 2.75) is 18.4 Å². The summed E-state index contributed by atoms with van der Waals surface area (Å²) in [5.74, 6) is 0.131. The zero-order chi connectivity index (χ0) is 20.9. The van der Waals surface area contributed by atoms with Gasteiger partial charge in [-0.1, -0.05) is 71.9 Å². The van der Waals surface area contributed by atoms with Gasteiger partial charge in [0.25, 0.3) is 0 Å². The van der Waals surface area contributed by atoms with Gasteiger partial charge in [-0.2, -0.15) is 0 Å². The van der Waals surface area contributed by atoms with Crippen LogP contribution >= 0.6 is 23.4 Å². The number of nitrogens with one attached hydrogen (secondary N) is 1. The van der Waals surface area contributed by atoms with E-state index in [1.807, 2.05) is 67.6 Å². The molecule has 0 aliphatic rings. The summed E-state index contributed by atoms with van der Waals surface area (Å²) >= 11 is 7.55. The predicted octanol–water partition coefficient (Wildman–Crippen LogP) is 5.91. The first-order chi connectivity index (χ1) is 14.6. The smallest absolute Gasteiger partial charge is 0.234 e. The number of carbonyl (C=O) groups excluding carboxylic acids is 1. The molecule has 4 nitrogen and oxygen atoms in total. The number of para-hydroxylation sites is 2. The van der Waals surface area contributed by atoms with Gasteiger partial charge < -0.3 is 5.32 Å². The van der Waals surface area contributed by atoms with Crippen LogP contribution in [0.3, 0.4) is 0 Å². The highest BCUT2D eigenvalue weighted by Gasteiger charge is 2.13. The first-order valence-corrected chi connectivity index (χ1v) is 10.9. The molecule has 0 radical (unpaired) electrons. The summed E-state index contributed by atoms with van der Waals surface area (Å²) < 4.78 is 0. The first-order valence-electron chi connectivity index (χ1n) is 9.57. The molecule has 3 aromatic carbocycles. The summed E-state index contributed by atoms with van der Waals surface area (Å²) in [6, 6.07) is 23.4. The first kappa shape index (κ1) is 20.4. The van der Waals surface area contributed by atoms with Crippen LogP contribution in [0, 0.1) is 6.92 Å². The van der Waals surface area contributed by atoms with Gasteiger partial charge >= 0.3 is 0 Å². The second-order valence-electron chi connectivity index (χ2n) is 6.88. The normalized spacial score (nSPS) is 10.9. The number of hydrogen-bond acceptors (Lipinski definition) is 4. The summed E-state index contributed by atoms with van der Waals surface area (Å²) in [4.78, 5) is 22.2. The van der Waals surface area contributed by atoms with Gasteiger partial charge in [0.15, 0.2) is 0 Å². The number of amides is 1. The average molecular weight is 434 g/mol. The Labute approximate surface area is 184 Å². The van der Waals surface area contributed by atoms with Crippen molar-refractivity contribution >= 4 is 46.0 Å². The number of carbonyl (C=O) groups is 1. The highest BCUT2D eigenvalue weighted by Crippen LogP contribution is 2.26. The van der Waals surface area contributed by atoms with Gasteiger partial charge in [0.05, 0.1) is 22.5 Å². The number of thioether (sulfide) groups is 1. The summed E-state index contributed by atoms with van der Waals surface area (Å²) in [5.41, 5.74) is 5.28. The molecule has 4 rings (SSSR count). The second kappa shape index (κ2) is 9.28. The van der Waals surface area contributed by atoms with E-state index in [9.17, 15) is 4.79 Å². The van der Waals surface area contributed by atoms with Crippen LogP contribution in [0.1, 0.15) is 16.8 Å². The summed E-state index contributed by atoms with van der Waals surface area (Å²) in [6.45, 7) is 1.89. The molecule has 0 saturated heterocycles. The van der Waals surface area contributed by atoms with Crippen LogP contribution in [0.4, 0.5) is 5.69 Å². The minimum Gasteiger partial charge on any atom is -0.325 e. The molecule has 0 atom stereocenters. The lowest BCUT2D eigenvalue weighted by atomic mass is 10.1. The van der Waals surface area contributed by atoms with Crippen molar-refractivity contribution < 1.29 is 4.79 Å². The molecule has 0 aliphatic carbocycles. The fourth-order valence-corrected chi connectivity index (χ4v) is 4.07. The molecule has 0 spiro atoms. The van der Waals surface area contributed by atoms with Crippen molar-refractivity contribution in [3.8, 4) is 0 Å². The molecule has 0 unspecified atom stereocenters. The van der Waals surface area contributed by atoms with Crippen LogP contribution in [0.5, 0.6) is 0 Å². The molecule has 0 aliphatic heterocycles. The Morgan fingerprint density at radius 2 is 1.63 bits per heavy atom. The van der Waals surface area contributed by atoms with Crippen molar-refractivity contribution in [3.63, 3.8) is 0 Å².